The number of fused-ring (bicyclic) bond motifs is 3. The third kappa shape index (κ3) is 3.64. The summed E-state index contributed by atoms with van der Waals surface area (Å²) < 4.78 is 0. The van der Waals surface area contributed by atoms with Gasteiger partial charge in [0, 0.05) is 37.3 Å². The number of piperazine rings is 1. The predicted octanol–water partition coefficient (Wildman–Crippen LogP) is 2.87. The molecule has 0 bridgehead atoms. The number of aryl methyl sites for hydroxylation is 2. The van der Waals surface area contributed by atoms with Gasteiger partial charge in [0.05, 0.1) is 17.5 Å². The smallest absolute Gasteiger partial charge is 0.259 e. The monoisotopic (exact) mass is 443 g/mol. The lowest BCUT2D eigenvalue weighted by molar-refractivity contribution is 0.0625. The van der Waals surface area contributed by atoms with Gasteiger partial charge in [0.25, 0.3) is 11.5 Å². The summed E-state index contributed by atoms with van der Waals surface area (Å²) in [5.41, 5.74) is 1.63. The van der Waals surface area contributed by atoms with Crippen LogP contribution in [-0.4, -0.2) is 56.8 Å². The average molecular weight is 444 g/mol. The van der Waals surface area contributed by atoms with Gasteiger partial charge in [-0.1, -0.05) is 11.6 Å². The first kappa shape index (κ1) is 19.7. The molecule has 2 aliphatic rings. The first-order chi connectivity index (χ1) is 14.6. The molecule has 3 aromatic heterocycles. The van der Waals surface area contributed by atoms with Crippen molar-refractivity contribution in [2.24, 2.45) is 0 Å². The number of aromatic nitrogens is 3. The third-order valence-electron chi connectivity index (χ3n) is 5.90. The lowest BCUT2D eigenvalue weighted by atomic mass is 9.97. The Balaban J connectivity index is 1.28. The van der Waals surface area contributed by atoms with Crippen molar-refractivity contribution in [3.8, 4) is 0 Å². The van der Waals surface area contributed by atoms with Crippen molar-refractivity contribution in [2.75, 3.05) is 26.2 Å². The molecule has 1 aliphatic carbocycles. The standard InChI is InChI=1S/C21H22ClN5O2S/c22-18-14(5-3-7-23-18)21(29)27-10-8-26(9-11-27)12-16-24-19(28)17-13-4-1-2-6-15(13)30-20(17)25-16/h3,5,7H,1-2,4,6,8-12H2,(H,24,25,28). The number of carbonyl (C=O) groups is 1. The highest BCUT2D eigenvalue weighted by Gasteiger charge is 2.25. The Morgan fingerprint density at radius 3 is 2.80 bits per heavy atom. The Hall–Kier alpha value is -2.29. The van der Waals surface area contributed by atoms with E-state index in [1.165, 1.54) is 16.9 Å². The maximum atomic E-state index is 12.7. The second kappa shape index (κ2) is 8.09. The molecule has 0 spiro atoms. The van der Waals surface area contributed by atoms with E-state index in [1.807, 2.05) is 0 Å². The van der Waals surface area contributed by atoms with E-state index >= 15 is 0 Å². The molecular weight excluding hydrogens is 422 g/mol. The number of amides is 1. The van der Waals surface area contributed by atoms with Gasteiger partial charge >= 0.3 is 0 Å². The van der Waals surface area contributed by atoms with Crippen molar-refractivity contribution >= 4 is 39.1 Å². The van der Waals surface area contributed by atoms with Crippen LogP contribution in [0.5, 0.6) is 0 Å². The first-order valence-electron chi connectivity index (χ1n) is 10.3. The van der Waals surface area contributed by atoms with Gasteiger partial charge in [-0.3, -0.25) is 14.5 Å². The minimum Gasteiger partial charge on any atom is -0.336 e. The number of halogens is 1. The number of nitrogens with one attached hydrogen (secondary N) is 1. The molecule has 9 heteroatoms. The third-order valence-corrected chi connectivity index (χ3v) is 7.38. The molecule has 5 rings (SSSR count). The number of pyridine rings is 1. The zero-order chi connectivity index (χ0) is 20.7. The maximum absolute atomic E-state index is 12.7. The Bertz CT molecular complexity index is 1170. The van der Waals surface area contributed by atoms with E-state index in [-0.39, 0.29) is 16.6 Å². The van der Waals surface area contributed by atoms with Crippen LogP contribution in [0.2, 0.25) is 5.15 Å². The molecule has 0 unspecified atom stereocenters. The summed E-state index contributed by atoms with van der Waals surface area (Å²) >= 11 is 7.74. The fourth-order valence-corrected chi connectivity index (χ4v) is 5.80. The van der Waals surface area contributed by atoms with Gasteiger partial charge in [-0.05, 0) is 43.4 Å². The first-order valence-corrected chi connectivity index (χ1v) is 11.4. The van der Waals surface area contributed by atoms with Crippen LogP contribution in [0.25, 0.3) is 10.2 Å². The van der Waals surface area contributed by atoms with Crippen LogP contribution in [0.3, 0.4) is 0 Å². The quantitative estimate of drug-likeness (QED) is 0.629. The molecule has 7 nitrogen and oxygen atoms in total. The van der Waals surface area contributed by atoms with Gasteiger partial charge in [-0.2, -0.15) is 0 Å². The largest absolute Gasteiger partial charge is 0.336 e. The van der Waals surface area contributed by atoms with Crippen LogP contribution in [0.15, 0.2) is 23.1 Å². The van der Waals surface area contributed by atoms with Crippen molar-refractivity contribution < 1.29 is 4.79 Å². The summed E-state index contributed by atoms with van der Waals surface area (Å²) in [7, 11) is 0. The number of hydrogen-bond donors (Lipinski definition) is 1. The molecule has 1 N–H and O–H groups in total. The van der Waals surface area contributed by atoms with Crippen LogP contribution in [-0.2, 0) is 19.4 Å². The minimum atomic E-state index is -0.0927. The summed E-state index contributed by atoms with van der Waals surface area (Å²) in [6.07, 6.45) is 5.95. The molecular formula is C21H22ClN5O2S. The lowest BCUT2D eigenvalue weighted by Crippen LogP contribution is -2.48. The van der Waals surface area contributed by atoms with Crippen LogP contribution in [0.4, 0.5) is 0 Å². The van der Waals surface area contributed by atoms with Crippen molar-refractivity contribution in [1.29, 1.82) is 0 Å². The molecule has 30 heavy (non-hydrogen) atoms. The molecule has 156 valence electrons. The van der Waals surface area contributed by atoms with Crippen molar-refractivity contribution in [2.45, 2.75) is 32.2 Å². The topological polar surface area (TPSA) is 82.2 Å². The molecule has 3 aromatic rings. The number of thiophene rings is 1. The molecule has 4 heterocycles. The molecule has 1 fully saturated rings. The number of carbonyl (C=O) groups excluding carboxylic acids is 1. The average Bonchev–Trinajstić information content (AvgIpc) is 3.13. The Kier molecular flexibility index (Phi) is 5.30. The molecule has 0 atom stereocenters. The molecule has 1 aliphatic heterocycles. The Labute approximate surface area is 182 Å². The number of H-pyrrole nitrogens is 1. The van der Waals surface area contributed by atoms with Gasteiger partial charge in [0.15, 0.2) is 0 Å². The Morgan fingerprint density at radius 2 is 2.00 bits per heavy atom. The van der Waals surface area contributed by atoms with E-state index in [9.17, 15) is 9.59 Å². The zero-order valence-corrected chi connectivity index (χ0v) is 18.1. The van der Waals surface area contributed by atoms with E-state index in [1.54, 1.807) is 34.6 Å². The normalized spacial score (nSPS) is 17.3. The number of nitrogens with zero attached hydrogens (tertiary/aromatic N) is 4. The van der Waals surface area contributed by atoms with Crippen LogP contribution in [0, 0.1) is 0 Å². The fourth-order valence-electron chi connectivity index (χ4n) is 4.32. The van der Waals surface area contributed by atoms with Crippen molar-refractivity contribution in [3.05, 3.63) is 55.7 Å². The molecule has 1 saturated heterocycles. The highest BCUT2D eigenvalue weighted by Crippen LogP contribution is 2.33. The Morgan fingerprint density at radius 1 is 1.20 bits per heavy atom. The highest BCUT2D eigenvalue weighted by atomic mass is 35.5. The summed E-state index contributed by atoms with van der Waals surface area (Å²) in [6, 6.07) is 3.42. The summed E-state index contributed by atoms with van der Waals surface area (Å²) in [4.78, 5) is 43.4. The van der Waals surface area contributed by atoms with Crippen molar-refractivity contribution in [1.82, 2.24) is 24.8 Å². The van der Waals surface area contributed by atoms with Crippen LogP contribution < -0.4 is 5.56 Å². The second-order valence-electron chi connectivity index (χ2n) is 7.81. The fraction of sp³-hybridized carbons (Fsp3) is 0.429. The maximum Gasteiger partial charge on any atom is 0.259 e. The van der Waals surface area contributed by atoms with Gasteiger partial charge in [0.1, 0.15) is 15.8 Å². The summed E-state index contributed by atoms with van der Waals surface area (Å²) in [5, 5.41) is 1.03. The lowest BCUT2D eigenvalue weighted by Gasteiger charge is -2.34. The highest BCUT2D eigenvalue weighted by molar-refractivity contribution is 7.18. The van der Waals surface area contributed by atoms with E-state index in [4.69, 9.17) is 16.6 Å². The van der Waals surface area contributed by atoms with E-state index in [2.05, 4.69) is 14.9 Å². The number of hydrogen-bond acceptors (Lipinski definition) is 6. The molecule has 1 amide bonds. The van der Waals surface area contributed by atoms with Gasteiger partial charge in [-0.15, -0.1) is 11.3 Å². The van der Waals surface area contributed by atoms with E-state index < -0.39 is 0 Å². The summed E-state index contributed by atoms with van der Waals surface area (Å²) in [6.45, 7) is 3.20. The predicted molar refractivity (Wildman–Crippen MR) is 117 cm³/mol. The van der Waals surface area contributed by atoms with E-state index in [0.29, 0.717) is 44.1 Å². The van der Waals surface area contributed by atoms with Crippen LogP contribution >= 0.6 is 22.9 Å². The van der Waals surface area contributed by atoms with Gasteiger partial charge in [0.2, 0.25) is 0 Å². The van der Waals surface area contributed by atoms with Crippen LogP contribution in [0.1, 0.15) is 39.5 Å². The molecule has 0 saturated carbocycles. The zero-order valence-electron chi connectivity index (χ0n) is 16.5. The van der Waals surface area contributed by atoms with Crippen molar-refractivity contribution in [3.63, 3.8) is 0 Å². The molecule has 0 radical (unpaired) electrons. The number of rotatable bonds is 3. The summed E-state index contributed by atoms with van der Waals surface area (Å²) in [5.74, 6) is 0.603. The van der Waals surface area contributed by atoms with E-state index in [0.717, 1.165) is 29.5 Å². The minimum absolute atomic E-state index is 0.0190. The number of aromatic amines is 1. The van der Waals surface area contributed by atoms with Gasteiger partial charge < -0.3 is 9.88 Å². The van der Waals surface area contributed by atoms with Gasteiger partial charge in [-0.25, -0.2) is 9.97 Å². The SMILES string of the molecule is O=C(c1cccnc1Cl)N1CCN(Cc2nc3sc4c(c3c(=O)[nH]2)CCCC4)CC1. The molecule has 0 aromatic carbocycles. The second-order valence-corrected chi connectivity index (χ2v) is 9.26.